The maximum absolute atomic E-state index is 13.6. The van der Waals surface area contributed by atoms with Gasteiger partial charge in [0.1, 0.15) is 5.82 Å². The molecular weight excluding hydrogens is 253 g/mol. The van der Waals surface area contributed by atoms with Crippen LogP contribution in [0.4, 0.5) is 4.39 Å². The lowest BCUT2D eigenvalue weighted by Gasteiger charge is -2.07. The van der Waals surface area contributed by atoms with E-state index in [9.17, 15) is 9.18 Å². The van der Waals surface area contributed by atoms with Gasteiger partial charge in [-0.3, -0.25) is 4.79 Å². The Morgan fingerprint density at radius 2 is 1.90 bits per heavy atom. The second-order valence-corrected chi connectivity index (χ2v) is 5.84. The van der Waals surface area contributed by atoms with Crippen LogP contribution in [0.2, 0.25) is 0 Å². The largest absolute Gasteiger partial charge is 0.352 e. The number of hydrogen-bond acceptors (Lipinski definition) is 1. The van der Waals surface area contributed by atoms with Crippen molar-refractivity contribution in [1.29, 1.82) is 0 Å². The Morgan fingerprint density at radius 1 is 1.20 bits per heavy atom. The standard InChI is InChI=1S/C17H26FNO/c1-13(2)8-6-4-5-7-11-19-17(20)15-10-9-14(3)12-16(15)18/h9-10,12-13H,4-8,11H2,1-3H3,(H,19,20). The fourth-order valence-corrected chi connectivity index (χ4v) is 2.13. The molecule has 0 heterocycles. The quantitative estimate of drug-likeness (QED) is 0.699. The molecule has 0 aromatic heterocycles. The van der Waals surface area contributed by atoms with Crippen molar-refractivity contribution in [2.45, 2.75) is 52.9 Å². The molecule has 1 rings (SSSR count). The predicted octanol–water partition coefficient (Wildman–Crippen LogP) is 4.47. The molecule has 0 saturated carbocycles. The van der Waals surface area contributed by atoms with E-state index in [0.29, 0.717) is 6.54 Å². The van der Waals surface area contributed by atoms with Crippen LogP contribution in [0.25, 0.3) is 0 Å². The zero-order valence-corrected chi connectivity index (χ0v) is 12.8. The summed E-state index contributed by atoms with van der Waals surface area (Å²) in [4.78, 5) is 11.8. The van der Waals surface area contributed by atoms with Gasteiger partial charge in [-0.1, -0.05) is 45.6 Å². The third-order valence-electron chi connectivity index (χ3n) is 3.36. The van der Waals surface area contributed by atoms with Gasteiger partial charge in [0.2, 0.25) is 0 Å². The van der Waals surface area contributed by atoms with Crippen LogP contribution >= 0.6 is 0 Å². The Kier molecular flexibility index (Phi) is 7.27. The van der Waals surface area contributed by atoms with Crippen LogP contribution in [0.15, 0.2) is 18.2 Å². The number of rotatable bonds is 8. The van der Waals surface area contributed by atoms with E-state index in [1.807, 2.05) is 6.92 Å². The zero-order valence-electron chi connectivity index (χ0n) is 12.8. The van der Waals surface area contributed by atoms with Gasteiger partial charge in [0.25, 0.3) is 5.91 Å². The Bertz CT molecular complexity index is 429. The van der Waals surface area contributed by atoms with E-state index >= 15 is 0 Å². The molecule has 112 valence electrons. The number of benzene rings is 1. The van der Waals surface area contributed by atoms with Crippen molar-refractivity contribution in [3.63, 3.8) is 0 Å². The van der Waals surface area contributed by atoms with Gasteiger partial charge in [-0.05, 0) is 37.0 Å². The zero-order chi connectivity index (χ0) is 15.0. The highest BCUT2D eigenvalue weighted by molar-refractivity contribution is 5.94. The Hall–Kier alpha value is -1.38. The summed E-state index contributed by atoms with van der Waals surface area (Å²) < 4.78 is 13.6. The van der Waals surface area contributed by atoms with Crippen molar-refractivity contribution in [2.24, 2.45) is 5.92 Å². The second-order valence-electron chi connectivity index (χ2n) is 5.84. The molecule has 0 radical (unpaired) electrons. The van der Waals surface area contributed by atoms with Gasteiger partial charge in [0.15, 0.2) is 0 Å². The number of unbranched alkanes of at least 4 members (excludes halogenated alkanes) is 3. The first-order valence-corrected chi connectivity index (χ1v) is 7.55. The minimum Gasteiger partial charge on any atom is -0.352 e. The first-order chi connectivity index (χ1) is 9.50. The van der Waals surface area contributed by atoms with Gasteiger partial charge in [-0.25, -0.2) is 4.39 Å². The highest BCUT2D eigenvalue weighted by Gasteiger charge is 2.10. The van der Waals surface area contributed by atoms with Crippen molar-refractivity contribution in [3.05, 3.63) is 35.1 Å². The van der Waals surface area contributed by atoms with E-state index in [-0.39, 0.29) is 11.5 Å². The fraction of sp³-hybridized carbons (Fsp3) is 0.588. The molecule has 2 nitrogen and oxygen atoms in total. The lowest BCUT2D eigenvalue weighted by molar-refractivity contribution is 0.0949. The average molecular weight is 279 g/mol. The van der Waals surface area contributed by atoms with E-state index in [0.717, 1.165) is 24.3 Å². The fourth-order valence-electron chi connectivity index (χ4n) is 2.13. The Labute approximate surface area is 121 Å². The average Bonchev–Trinajstić information content (AvgIpc) is 2.37. The van der Waals surface area contributed by atoms with Crippen LogP contribution in [-0.4, -0.2) is 12.5 Å². The molecule has 0 fully saturated rings. The highest BCUT2D eigenvalue weighted by Crippen LogP contribution is 2.11. The molecule has 0 aliphatic carbocycles. The van der Waals surface area contributed by atoms with Crippen molar-refractivity contribution in [2.75, 3.05) is 6.54 Å². The van der Waals surface area contributed by atoms with Gasteiger partial charge in [-0.2, -0.15) is 0 Å². The summed E-state index contributed by atoms with van der Waals surface area (Å²) in [7, 11) is 0. The highest BCUT2D eigenvalue weighted by atomic mass is 19.1. The molecule has 20 heavy (non-hydrogen) atoms. The van der Waals surface area contributed by atoms with E-state index in [1.165, 1.54) is 25.3 Å². The molecule has 1 aromatic carbocycles. The van der Waals surface area contributed by atoms with Gasteiger partial charge in [0.05, 0.1) is 5.56 Å². The molecule has 0 spiro atoms. The van der Waals surface area contributed by atoms with E-state index in [4.69, 9.17) is 0 Å². The summed E-state index contributed by atoms with van der Waals surface area (Å²) in [5.41, 5.74) is 0.958. The minimum atomic E-state index is -0.445. The molecular formula is C17H26FNO. The normalized spacial score (nSPS) is 10.8. The number of halogens is 1. The smallest absolute Gasteiger partial charge is 0.254 e. The topological polar surface area (TPSA) is 29.1 Å². The molecule has 0 bridgehead atoms. The SMILES string of the molecule is Cc1ccc(C(=O)NCCCCCCC(C)C)c(F)c1. The van der Waals surface area contributed by atoms with E-state index in [1.54, 1.807) is 12.1 Å². The summed E-state index contributed by atoms with van der Waals surface area (Å²) >= 11 is 0. The molecule has 3 heteroatoms. The maximum Gasteiger partial charge on any atom is 0.254 e. The number of nitrogens with one attached hydrogen (secondary N) is 1. The van der Waals surface area contributed by atoms with Crippen molar-refractivity contribution in [1.82, 2.24) is 5.32 Å². The van der Waals surface area contributed by atoms with Gasteiger partial charge < -0.3 is 5.32 Å². The van der Waals surface area contributed by atoms with Crippen LogP contribution in [0.3, 0.4) is 0 Å². The molecule has 1 amide bonds. The van der Waals surface area contributed by atoms with Gasteiger partial charge in [0, 0.05) is 6.54 Å². The van der Waals surface area contributed by atoms with Crippen LogP contribution < -0.4 is 5.32 Å². The summed E-state index contributed by atoms with van der Waals surface area (Å²) in [5.74, 6) is 0.00308. The first kappa shape index (κ1) is 16.7. The van der Waals surface area contributed by atoms with Crippen molar-refractivity contribution in [3.8, 4) is 0 Å². The summed E-state index contributed by atoms with van der Waals surface area (Å²) in [6.45, 7) is 6.89. The van der Waals surface area contributed by atoms with Gasteiger partial charge in [-0.15, -0.1) is 0 Å². The molecule has 0 atom stereocenters. The van der Waals surface area contributed by atoms with Crippen LogP contribution in [0.1, 0.15) is 61.9 Å². The van der Waals surface area contributed by atoms with Crippen LogP contribution in [0, 0.1) is 18.7 Å². The monoisotopic (exact) mass is 279 g/mol. The van der Waals surface area contributed by atoms with Crippen molar-refractivity contribution < 1.29 is 9.18 Å². The maximum atomic E-state index is 13.6. The number of carbonyl (C=O) groups excluding carboxylic acids is 1. The third kappa shape index (κ3) is 6.18. The number of aryl methyl sites for hydroxylation is 1. The predicted molar refractivity (Wildman–Crippen MR) is 81.4 cm³/mol. The Morgan fingerprint density at radius 3 is 2.55 bits per heavy atom. The lowest BCUT2D eigenvalue weighted by atomic mass is 10.0. The Balaban J connectivity index is 2.20. The molecule has 0 saturated heterocycles. The van der Waals surface area contributed by atoms with Crippen LogP contribution in [0.5, 0.6) is 0 Å². The summed E-state index contributed by atoms with van der Waals surface area (Å²) in [6.07, 6.45) is 5.78. The number of carbonyl (C=O) groups is 1. The molecule has 0 aliphatic heterocycles. The molecule has 0 aliphatic rings. The number of amides is 1. The molecule has 0 unspecified atom stereocenters. The first-order valence-electron chi connectivity index (χ1n) is 7.55. The molecule has 1 aromatic rings. The van der Waals surface area contributed by atoms with E-state index in [2.05, 4.69) is 19.2 Å². The van der Waals surface area contributed by atoms with E-state index < -0.39 is 5.82 Å². The molecule has 1 N–H and O–H groups in total. The summed E-state index contributed by atoms with van der Waals surface area (Å²) in [6, 6.07) is 4.69. The summed E-state index contributed by atoms with van der Waals surface area (Å²) in [5, 5.41) is 2.78. The van der Waals surface area contributed by atoms with Gasteiger partial charge >= 0.3 is 0 Å². The second kappa shape index (κ2) is 8.72. The lowest BCUT2D eigenvalue weighted by Crippen LogP contribution is -2.25. The minimum absolute atomic E-state index is 0.135. The van der Waals surface area contributed by atoms with Crippen LogP contribution in [-0.2, 0) is 0 Å². The number of hydrogen-bond donors (Lipinski definition) is 1. The third-order valence-corrected chi connectivity index (χ3v) is 3.36. The van der Waals surface area contributed by atoms with Crippen molar-refractivity contribution >= 4 is 5.91 Å².